The number of fused-ring (bicyclic) bond motifs is 1. The van der Waals surface area contributed by atoms with Gasteiger partial charge >= 0.3 is 0 Å². The number of nitrogens with zero attached hydrogens (tertiary/aromatic N) is 2. The first-order chi connectivity index (χ1) is 15.5. The van der Waals surface area contributed by atoms with Crippen LogP contribution in [0.5, 0.6) is 0 Å². The number of carbonyl (C=O) groups is 1. The molecule has 1 amide bonds. The fraction of sp³-hybridized carbons (Fsp3) is 0.609. The molecular formula is C23H32F3N5O2. The maximum Gasteiger partial charge on any atom is 0.258 e. The molecule has 2 aliphatic rings. The second-order valence-corrected chi connectivity index (χ2v) is 9.63. The van der Waals surface area contributed by atoms with E-state index in [1.807, 2.05) is 27.7 Å². The van der Waals surface area contributed by atoms with Gasteiger partial charge in [0.15, 0.2) is 11.6 Å². The lowest BCUT2D eigenvalue weighted by atomic mass is 9.69. The Morgan fingerprint density at radius 3 is 2.64 bits per heavy atom. The summed E-state index contributed by atoms with van der Waals surface area (Å²) in [5, 5.41) is 2.56. The number of carbonyl (C=O) groups excluding carboxylic acids is 1. The molecule has 1 saturated heterocycles. The molecule has 0 aromatic heterocycles. The molecule has 2 fully saturated rings. The van der Waals surface area contributed by atoms with Gasteiger partial charge in [-0.1, -0.05) is 13.3 Å². The Morgan fingerprint density at radius 1 is 1.30 bits per heavy atom. The summed E-state index contributed by atoms with van der Waals surface area (Å²) in [7, 11) is 1.58. The smallest absolute Gasteiger partial charge is 0.258 e. The molecule has 4 unspecified atom stereocenters. The van der Waals surface area contributed by atoms with Gasteiger partial charge in [-0.2, -0.15) is 4.99 Å². The number of aliphatic imine (C=N–C) groups is 2. The monoisotopic (exact) mass is 467 g/mol. The molecular weight excluding hydrogens is 435 g/mol. The van der Waals surface area contributed by atoms with Gasteiger partial charge in [-0.25, -0.2) is 23.6 Å². The summed E-state index contributed by atoms with van der Waals surface area (Å²) < 4.78 is 47.7. The number of hydrazine groups is 1. The quantitative estimate of drug-likeness (QED) is 0.466. The highest BCUT2D eigenvalue weighted by Crippen LogP contribution is 2.42. The number of benzene rings is 1. The summed E-state index contributed by atoms with van der Waals surface area (Å²) >= 11 is 0. The van der Waals surface area contributed by atoms with Crippen LogP contribution in [-0.2, 0) is 4.74 Å². The highest BCUT2D eigenvalue weighted by molar-refractivity contribution is 6.09. The average molecular weight is 468 g/mol. The number of guanidine groups is 1. The van der Waals surface area contributed by atoms with Gasteiger partial charge in [0.1, 0.15) is 12.0 Å². The van der Waals surface area contributed by atoms with Crippen LogP contribution in [0.3, 0.4) is 0 Å². The molecule has 0 radical (unpaired) electrons. The Hall–Kier alpha value is -2.46. The Labute approximate surface area is 192 Å². The van der Waals surface area contributed by atoms with Crippen molar-refractivity contribution in [2.75, 3.05) is 7.11 Å². The summed E-state index contributed by atoms with van der Waals surface area (Å²) in [5.74, 6) is -3.18. The van der Waals surface area contributed by atoms with Gasteiger partial charge in [0, 0.05) is 19.1 Å². The van der Waals surface area contributed by atoms with Crippen LogP contribution in [0, 0.1) is 17.6 Å². The van der Waals surface area contributed by atoms with E-state index in [-0.39, 0.29) is 24.0 Å². The molecule has 4 atom stereocenters. The molecule has 7 nitrogen and oxygen atoms in total. The minimum absolute atomic E-state index is 0.0464. The van der Waals surface area contributed by atoms with Crippen LogP contribution < -0.4 is 16.2 Å². The van der Waals surface area contributed by atoms with E-state index in [1.165, 1.54) is 6.07 Å². The Bertz CT molecular complexity index is 947. The summed E-state index contributed by atoms with van der Waals surface area (Å²) in [6, 6.07) is 2.85. The van der Waals surface area contributed by atoms with E-state index in [0.717, 1.165) is 18.6 Å². The van der Waals surface area contributed by atoms with Crippen molar-refractivity contribution in [3.63, 3.8) is 0 Å². The number of methoxy groups -OCH3 is 1. The van der Waals surface area contributed by atoms with Gasteiger partial charge in [-0.05, 0) is 51.8 Å². The molecule has 1 aliphatic heterocycles. The van der Waals surface area contributed by atoms with E-state index in [4.69, 9.17) is 4.74 Å². The van der Waals surface area contributed by atoms with Crippen molar-refractivity contribution in [1.82, 2.24) is 16.2 Å². The highest BCUT2D eigenvalue weighted by Gasteiger charge is 2.55. The summed E-state index contributed by atoms with van der Waals surface area (Å²) in [6.45, 7) is 7.49. The number of rotatable bonds is 4. The van der Waals surface area contributed by atoms with E-state index in [0.29, 0.717) is 18.7 Å². The van der Waals surface area contributed by atoms with Gasteiger partial charge in [-0.15, -0.1) is 0 Å². The number of nitrogens with one attached hydrogen (secondary N) is 3. The standard InChI is InChI=1S/C23H32F3N5O2/c1-6-9-23-12-14(33-5)11-17(26)18(23)19(30-31-23)27-21(29-22(2,3)4)28-20(32)13-7-8-15(24)16(25)10-13/h7-8,10,14,17-18,31H,6,9,11-12H2,1-5H3,(H2,27,28,29,30,32). The second-order valence-electron chi connectivity index (χ2n) is 9.63. The molecule has 1 heterocycles. The fourth-order valence-electron chi connectivity index (χ4n) is 4.55. The predicted octanol–water partition coefficient (Wildman–Crippen LogP) is 3.66. The van der Waals surface area contributed by atoms with Crippen molar-refractivity contribution in [3.8, 4) is 0 Å². The number of halogens is 3. The van der Waals surface area contributed by atoms with Crippen LogP contribution in [0.25, 0.3) is 0 Å². The van der Waals surface area contributed by atoms with Crippen LogP contribution in [0.1, 0.15) is 63.7 Å². The fourth-order valence-corrected chi connectivity index (χ4v) is 4.55. The first-order valence-corrected chi connectivity index (χ1v) is 11.1. The van der Waals surface area contributed by atoms with Crippen molar-refractivity contribution in [2.24, 2.45) is 15.9 Å². The first kappa shape index (κ1) is 25.2. The number of hydrogen-bond acceptors (Lipinski definition) is 4. The SMILES string of the molecule is CCCC12CC(OC)CC(F)C1C(=NC(=NC(C)(C)C)NC(=O)c1ccc(F)c(F)c1)NN2. The van der Waals surface area contributed by atoms with Gasteiger partial charge in [0.05, 0.1) is 23.1 Å². The molecule has 0 bridgehead atoms. The highest BCUT2D eigenvalue weighted by atomic mass is 19.2. The van der Waals surface area contributed by atoms with Crippen molar-refractivity contribution in [2.45, 2.75) is 76.7 Å². The molecule has 1 aromatic carbocycles. The van der Waals surface area contributed by atoms with Gasteiger partial charge in [0.2, 0.25) is 5.96 Å². The normalized spacial score (nSPS) is 29.0. The number of ether oxygens (including phenoxy) is 1. The molecule has 182 valence electrons. The molecule has 10 heteroatoms. The zero-order valence-electron chi connectivity index (χ0n) is 19.6. The lowest BCUT2D eigenvalue weighted by molar-refractivity contribution is -0.0167. The topological polar surface area (TPSA) is 87.1 Å². The van der Waals surface area contributed by atoms with Gasteiger partial charge < -0.3 is 10.2 Å². The first-order valence-electron chi connectivity index (χ1n) is 11.1. The number of alkyl halides is 1. The number of amides is 1. The van der Waals surface area contributed by atoms with Crippen molar-refractivity contribution in [3.05, 3.63) is 35.4 Å². The Kier molecular flexibility index (Phi) is 7.48. The lowest BCUT2D eigenvalue weighted by Gasteiger charge is -2.42. The van der Waals surface area contributed by atoms with E-state index in [2.05, 4.69) is 26.2 Å². The van der Waals surface area contributed by atoms with E-state index in [9.17, 15) is 13.6 Å². The third kappa shape index (κ3) is 5.73. The minimum Gasteiger partial charge on any atom is -0.381 e. The van der Waals surface area contributed by atoms with Crippen molar-refractivity contribution < 1.29 is 22.7 Å². The van der Waals surface area contributed by atoms with E-state index < -0.39 is 40.7 Å². The molecule has 33 heavy (non-hydrogen) atoms. The van der Waals surface area contributed by atoms with E-state index in [1.54, 1.807) is 7.11 Å². The third-order valence-corrected chi connectivity index (χ3v) is 5.88. The lowest BCUT2D eigenvalue weighted by Crippen LogP contribution is -2.56. The van der Waals surface area contributed by atoms with E-state index >= 15 is 4.39 Å². The van der Waals surface area contributed by atoms with Gasteiger partial charge in [0.25, 0.3) is 5.91 Å². The minimum atomic E-state index is -1.21. The predicted molar refractivity (Wildman–Crippen MR) is 121 cm³/mol. The van der Waals surface area contributed by atoms with Crippen LogP contribution in [0.2, 0.25) is 0 Å². The average Bonchev–Trinajstić information content (AvgIpc) is 3.07. The molecule has 0 spiro atoms. The van der Waals surface area contributed by atoms with Gasteiger partial charge in [-0.3, -0.25) is 10.1 Å². The molecule has 1 saturated carbocycles. The maximum atomic E-state index is 15.3. The maximum absolute atomic E-state index is 15.3. The third-order valence-electron chi connectivity index (χ3n) is 5.88. The molecule has 1 aliphatic carbocycles. The van der Waals surface area contributed by atoms with Crippen LogP contribution in [-0.4, -0.2) is 48.2 Å². The zero-order valence-corrected chi connectivity index (χ0v) is 19.6. The summed E-state index contributed by atoms with van der Waals surface area (Å²) in [6.07, 6.45) is 0.957. The zero-order chi connectivity index (χ0) is 24.4. The van der Waals surface area contributed by atoms with Crippen LogP contribution in [0.4, 0.5) is 13.2 Å². The molecule has 3 rings (SSSR count). The molecule has 1 aromatic rings. The van der Waals surface area contributed by atoms with Crippen LogP contribution in [0.15, 0.2) is 28.2 Å². The summed E-state index contributed by atoms with van der Waals surface area (Å²) in [5.41, 5.74) is 4.95. The van der Waals surface area contributed by atoms with Crippen molar-refractivity contribution >= 4 is 17.7 Å². The number of amidine groups is 1. The number of hydrogen-bond donors (Lipinski definition) is 3. The largest absolute Gasteiger partial charge is 0.381 e. The molecule has 3 N–H and O–H groups in total. The Morgan fingerprint density at radius 2 is 2.03 bits per heavy atom. The van der Waals surface area contributed by atoms with Crippen molar-refractivity contribution in [1.29, 1.82) is 0 Å². The summed E-state index contributed by atoms with van der Waals surface area (Å²) in [4.78, 5) is 21.6. The van der Waals surface area contributed by atoms with Crippen LogP contribution >= 0.6 is 0 Å². The second kappa shape index (κ2) is 9.80. The Balaban J connectivity index is 1.93.